The molecule has 0 saturated carbocycles. The number of rotatable bonds is 6. The maximum absolute atomic E-state index is 13.3. The molecule has 8 heteroatoms. The van der Waals surface area contributed by atoms with Gasteiger partial charge in [-0.1, -0.05) is 0 Å². The van der Waals surface area contributed by atoms with Crippen LogP contribution in [0.1, 0.15) is 22.5 Å². The molecule has 0 aliphatic carbocycles. The van der Waals surface area contributed by atoms with Gasteiger partial charge in [-0.25, -0.2) is 12.8 Å². The molecule has 6 nitrogen and oxygen atoms in total. The van der Waals surface area contributed by atoms with E-state index in [0.29, 0.717) is 34.8 Å². The Hall–Kier alpha value is -3.13. The highest BCUT2D eigenvalue weighted by molar-refractivity contribution is 7.91. The van der Waals surface area contributed by atoms with Crippen LogP contribution in [0, 0.1) is 5.82 Å². The molecule has 4 rings (SSSR count). The van der Waals surface area contributed by atoms with Gasteiger partial charge in [-0.15, -0.1) is 0 Å². The molecule has 162 valence electrons. The molecule has 1 atom stereocenters. The zero-order chi connectivity index (χ0) is 22.0. The summed E-state index contributed by atoms with van der Waals surface area (Å²) in [5.74, 6) is 1.07. The molecule has 1 amide bonds. The number of furan rings is 1. The van der Waals surface area contributed by atoms with Gasteiger partial charge in [-0.2, -0.15) is 0 Å². The first-order chi connectivity index (χ1) is 14.8. The molecule has 0 radical (unpaired) electrons. The van der Waals surface area contributed by atoms with Gasteiger partial charge >= 0.3 is 0 Å². The van der Waals surface area contributed by atoms with Crippen molar-refractivity contribution in [2.45, 2.75) is 19.0 Å². The van der Waals surface area contributed by atoms with E-state index < -0.39 is 15.9 Å². The number of hydrogen-bond donors (Lipinski definition) is 0. The molecule has 1 aliphatic rings. The van der Waals surface area contributed by atoms with E-state index in [9.17, 15) is 17.6 Å². The molecule has 1 fully saturated rings. The monoisotopic (exact) mass is 443 g/mol. The molecule has 2 heterocycles. The van der Waals surface area contributed by atoms with Gasteiger partial charge in [0, 0.05) is 17.2 Å². The Morgan fingerprint density at radius 2 is 1.81 bits per heavy atom. The van der Waals surface area contributed by atoms with Crippen molar-refractivity contribution in [1.29, 1.82) is 0 Å². The molecule has 1 aliphatic heterocycles. The summed E-state index contributed by atoms with van der Waals surface area (Å²) in [6.07, 6.45) is 0.385. The second-order valence-electron chi connectivity index (χ2n) is 7.49. The fourth-order valence-electron chi connectivity index (χ4n) is 3.69. The average molecular weight is 443 g/mol. The lowest BCUT2D eigenvalue weighted by Crippen LogP contribution is -2.40. The predicted octanol–water partition coefficient (Wildman–Crippen LogP) is 3.92. The molecular formula is C23H22FNO5S. The third-order valence-corrected chi connectivity index (χ3v) is 7.11. The molecule has 0 spiro atoms. The van der Waals surface area contributed by atoms with Crippen molar-refractivity contribution in [3.05, 3.63) is 77.8 Å². The lowest BCUT2D eigenvalue weighted by atomic mass is 10.1. The van der Waals surface area contributed by atoms with E-state index >= 15 is 0 Å². The SMILES string of the molecule is COc1ccc(C(=O)N(Cc2ccc(-c3ccc(F)cc3)o2)C2CCS(=O)(=O)C2)cc1. The fraction of sp³-hybridized carbons (Fsp3) is 0.261. The molecule has 0 N–H and O–H groups in total. The molecule has 1 saturated heterocycles. The molecule has 1 aromatic heterocycles. The average Bonchev–Trinajstić information content (AvgIpc) is 3.38. The number of nitrogens with zero attached hydrogens (tertiary/aromatic N) is 1. The number of carbonyl (C=O) groups is 1. The van der Waals surface area contributed by atoms with Gasteiger partial charge in [-0.3, -0.25) is 4.79 Å². The Bertz CT molecular complexity index is 1170. The van der Waals surface area contributed by atoms with Gasteiger partial charge in [0.25, 0.3) is 5.91 Å². The lowest BCUT2D eigenvalue weighted by Gasteiger charge is -2.27. The minimum absolute atomic E-state index is 0.0586. The molecule has 2 aromatic carbocycles. The number of carbonyl (C=O) groups excluding carboxylic acids is 1. The first-order valence-corrected chi connectivity index (χ1v) is 11.7. The van der Waals surface area contributed by atoms with Crippen molar-refractivity contribution in [3.63, 3.8) is 0 Å². The molecule has 1 unspecified atom stereocenters. The van der Waals surface area contributed by atoms with E-state index in [2.05, 4.69) is 0 Å². The summed E-state index contributed by atoms with van der Waals surface area (Å²) in [7, 11) is -1.64. The summed E-state index contributed by atoms with van der Waals surface area (Å²) >= 11 is 0. The number of ether oxygens (including phenoxy) is 1. The molecular weight excluding hydrogens is 421 g/mol. The van der Waals surface area contributed by atoms with E-state index in [0.717, 1.165) is 0 Å². The third kappa shape index (κ3) is 4.80. The molecule has 0 bridgehead atoms. The highest BCUT2D eigenvalue weighted by Crippen LogP contribution is 2.27. The maximum atomic E-state index is 13.3. The zero-order valence-electron chi connectivity index (χ0n) is 17.0. The van der Waals surface area contributed by atoms with Crippen LogP contribution >= 0.6 is 0 Å². The van der Waals surface area contributed by atoms with Gasteiger partial charge in [0.1, 0.15) is 23.1 Å². The van der Waals surface area contributed by atoms with Crippen LogP contribution in [0.4, 0.5) is 4.39 Å². The largest absolute Gasteiger partial charge is 0.497 e. The smallest absolute Gasteiger partial charge is 0.254 e. The lowest BCUT2D eigenvalue weighted by molar-refractivity contribution is 0.0666. The third-order valence-electron chi connectivity index (χ3n) is 5.36. The number of amides is 1. The van der Waals surface area contributed by atoms with Crippen molar-refractivity contribution >= 4 is 15.7 Å². The quantitative estimate of drug-likeness (QED) is 0.577. The van der Waals surface area contributed by atoms with Crippen LogP contribution in [0.3, 0.4) is 0 Å². The van der Waals surface area contributed by atoms with Crippen LogP contribution in [-0.4, -0.2) is 43.9 Å². The Balaban J connectivity index is 1.60. The van der Waals surface area contributed by atoms with Crippen molar-refractivity contribution in [1.82, 2.24) is 4.90 Å². The van der Waals surface area contributed by atoms with Crippen molar-refractivity contribution < 1.29 is 26.8 Å². The van der Waals surface area contributed by atoms with Crippen LogP contribution < -0.4 is 4.74 Å². The van der Waals surface area contributed by atoms with Gasteiger partial charge in [0.05, 0.1) is 25.2 Å². The number of benzene rings is 2. The summed E-state index contributed by atoms with van der Waals surface area (Å²) in [5.41, 5.74) is 1.15. The standard InChI is InChI=1S/C23H22FNO5S/c1-29-20-8-4-17(5-9-20)23(26)25(19-12-13-31(27,28)15-19)14-21-10-11-22(30-21)16-2-6-18(24)7-3-16/h2-11,19H,12-15H2,1H3. The van der Waals surface area contributed by atoms with Gasteiger partial charge in [-0.05, 0) is 67.1 Å². The van der Waals surface area contributed by atoms with Gasteiger partial charge < -0.3 is 14.1 Å². The van der Waals surface area contributed by atoms with Gasteiger partial charge in [0.2, 0.25) is 0 Å². The highest BCUT2D eigenvalue weighted by atomic mass is 32.2. The van der Waals surface area contributed by atoms with Gasteiger partial charge in [0.15, 0.2) is 9.84 Å². The van der Waals surface area contributed by atoms with Crippen LogP contribution in [0.15, 0.2) is 65.1 Å². The Morgan fingerprint density at radius 3 is 2.42 bits per heavy atom. The summed E-state index contributed by atoms with van der Waals surface area (Å²) < 4.78 is 48.3. The zero-order valence-corrected chi connectivity index (χ0v) is 17.8. The maximum Gasteiger partial charge on any atom is 0.254 e. The van der Waals surface area contributed by atoms with Crippen LogP contribution in [0.2, 0.25) is 0 Å². The summed E-state index contributed by atoms with van der Waals surface area (Å²) in [5, 5.41) is 0. The predicted molar refractivity (Wildman–Crippen MR) is 114 cm³/mol. The molecule has 3 aromatic rings. The summed E-state index contributed by atoms with van der Waals surface area (Å²) in [4.78, 5) is 14.8. The Labute approximate surface area is 180 Å². The number of hydrogen-bond acceptors (Lipinski definition) is 5. The Morgan fingerprint density at radius 1 is 1.10 bits per heavy atom. The van der Waals surface area contributed by atoms with E-state index in [1.165, 1.54) is 12.1 Å². The summed E-state index contributed by atoms with van der Waals surface area (Å²) in [6, 6.07) is 15.7. The van der Waals surface area contributed by atoms with Crippen LogP contribution in [0.5, 0.6) is 5.75 Å². The fourth-order valence-corrected chi connectivity index (χ4v) is 5.42. The van der Waals surface area contributed by atoms with Crippen molar-refractivity contribution in [2.75, 3.05) is 18.6 Å². The summed E-state index contributed by atoms with van der Waals surface area (Å²) in [6.45, 7) is 0.131. The Kier molecular flexibility index (Phi) is 5.82. The number of methoxy groups -OCH3 is 1. The van der Waals surface area contributed by atoms with E-state index in [-0.39, 0.29) is 29.8 Å². The minimum atomic E-state index is -3.18. The highest BCUT2D eigenvalue weighted by Gasteiger charge is 2.35. The topological polar surface area (TPSA) is 76.8 Å². The first-order valence-electron chi connectivity index (χ1n) is 9.85. The van der Waals surface area contributed by atoms with E-state index in [1.807, 2.05) is 0 Å². The number of halogens is 1. The van der Waals surface area contributed by atoms with Crippen LogP contribution in [0.25, 0.3) is 11.3 Å². The second-order valence-corrected chi connectivity index (χ2v) is 9.72. The van der Waals surface area contributed by atoms with E-state index in [4.69, 9.17) is 9.15 Å². The number of sulfone groups is 1. The van der Waals surface area contributed by atoms with Crippen LogP contribution in [-0.2, 0) is 16.4 Å². The van der Waals surface area contributed by atoms with Crippen molar-refractivity contribution in [2.24, 2.45) is 0 Å². The first kappa shape index (κ1) is 21.1. The minimum Gasteiger partial charge on any atom is -0.497 e. The molecule has 31 heavy (non-hydrogen) atoms. The normalized spacial score (nSPS) is 17.4. The van der Waals surface area contributed by atoms with Crippen molar-refractivity contribution in [3.8, 4) is 17.1 Å². The second kappa shape index (κ2) is 8.55. The van der Waals surface area contributed by atoms with E-state index in [1.54, 1.807) is 60.5 Å².